The lowest BCUT2D eigenvalue weighted by Crippen LogP contribution is -2.48. The van der Waals surface area contributed by atoms with Gasteiger partial charge in [-0.15, -0.1) is 0 Å². The molecule has 3 nitrogen and oxygen atoms in total. The molecule has 4 heteroatoms. The predicted octanol–water partition coefficient (Wildman–Crippen LogP) is 3.18. The lowest BCUT2D eigenvalue weighted by molar-refractivity contribution is 0.242. The molecule has 2 aliphatic rings. The van der Waals surface area contributed by atoms with Crippen molar-refractivity contribution in [3.05, 3.63) is 23.4 Å². The number of anilines is 1. The number of aryl methyl sites for hydroxylation is 1. The fourth-order valence-corrected chi connectivity index (χ4v) is 4.00. The molecule has 2 unspecified atom stereocenters. The number of aromatic nitrogens is 1. The largest absolute Gasteiger partial charge is 0.389 e. The minimum Gasteiger partial charge on any atom is -0.389 e. The summed E-state index contributed by atoms with van der Waals surface area (Å²) in [5.41, 5.74) is 7.89. The second-order valence-electron chi connectivity index (χ2n) is 6.14. The molecule has 1 aromatic rings. The Labute approximate surface area is 126 Å². The highest BCUT2D eigenvalue weighted by atomic mass is 32.1. The van der Waals surface area contributed by atoms with Crippen molar-refractivity contribution < 1.29 is 0 Å². The number of thiocarbonyl (C=S) groups is 1. The van der Waals surface area contributed by atoms with Gasteiger partial charge in [0.05, 0.1) is 5.56 Å². The Balaban J connectivity index is 1.98. The lowest BCUT2D eigenvalue weighted by atomic mass is 9.78. The monoisotopic (exact) mass is 289 g/mol. The van der Waals surface area contributed by atoms with Gasteiger partial charge in [-0.1, -0.05) is 25.1 Å². The summed E-state index contributed by atoms with van der Waals surface area (Å²) in [6, 6.07) is 4.67. The Morgan fingerprint density at radius 1 is 1.25 bits per heavy atom. The molecule has 0 radical (unpaired) electrons. The third kappa shape index (κ3) is 2.53. The summed E-state index contributed by atoms with van der Waals surface area (Å²) in [5.74, 6) is 1.85. The Kier molecular flexibility index (Phi) is 3.92. The molecule has 1 aromatic heterocycles. The SMILES string of the molecule is Cc1ccc(C(N)=S)c(N2CCCC3CCCCC32)n1. The topological polar surface area (TPSA) is 42.1 Å². The molecule has 2 heterocycles. The van der Waals surface area contributed by atoms with Crippen LogP contribution in [0.2, 0.25) is 0 Å². The number of hydrogen-bond donors (Lipinski definition) is 1. The second kappa shape index (κ2) is 5.68. The van der Waals surface area contributed by atoms with E-state index in [9.17, 15) is 0 Å². The number of rotatable bonds is 2. The first-order valence-electron chi connectivity index (χ1n) is 7.71. The molecule has 1 aliphatic carbocycles. The van der Waals surface area contributed by atoms with Crippen molar-refractivity contribution in [1.29, 1.82) is 0 Å². The van der Waals surface area contributed by atoms with Gasteiger partial charge in [0.15, 0.2) is 0 Å². The summed E-state index contributed by atoms with van der Waals surface area (Å²) < 4.78 is 0. The average molecular weight is 289 g/mol. The van der Waals surface area contributed by atoms with Crippen molar-refractivity contribution in [2.24, 2.45) is 11.7 Å². The first-order valence-corrected chi connectivity index (χ1v) is 8.12. The van der Waals surface area contributed by atoms with Gasteiger partial charge in [0, 0.05) is 18.3 Å². The van der Waals surface area contributed by atoms with Crippen LogP contribution in [-0.2, 0) is 0 Å². The number of fused-ring (bicyclic) bond motifs is 1. The van der Waals surface area contributed by atoms with E-state index in [1.807, 2.05) is 19.1 Å². The minimum atomic E-state index is 0.463. The normalized spacial score (nSPS) is 26.1. The third-order valence-electron chi connectivity index (χ3n) is 4.80. The molecule has 0 amide bonds. The van der Waals surface area contributed by atoms with E-state index in [1.165, 1.54) is 38.5 Å². The van der Waals surface area contributed by atoms with Gasteiger partial charge in [-0.05, 0) is 50.7 Å². The quantitative estimate of drug-likeness (QED) is 0.849. The molecule has 1 aliphatic heterocycles. The molecular weight excluding hydrogens is 266 g/mol. The number of nitrogens with zero attached hydrogens (tertiary/aromatic N) is 2. The molecule has 2 N–H and O–H groups in total. The van der Waals surface area contributed by atoms with E-state index in [1.54, 1.807) is 0 Å². The van der Waals surface area contributed by atoms with Gasteiger partial charge in [-0.3, -0.25) is 0 Å². The molecular formula is C16H23N3S. The second-order valence-corrected chi connectivity index (χ2v) is 6.58. The van der Waals surface area contributed by atoms with Crippen LogP contribution in [0.15, 0.2) is 12.1 Å². The zero-order chi connectivity index (χ0) is 14.1. The molecule has 0 bridgehead atoms. The molecule has 20 heavy (non-hydrogen) atoms. The Hall–Kier alpha value is -1.16. The number of pyridine rings is 1. The van der Waals surface area contributed by atoms with Crippen LogP contribution in [0.4, 0.5) is 5.82 Å². The van der Waals surface area contributed by atoms with Crippen LogP contribution in [0, 0.1) is 12.8 Å². The van der Waals surface area contributed by atoms with Crippen molar-refractivity contribution in [2.45, 2.75) is 51.5 Å². The van der Waals surface area contributed by atoms with Crippen molar-refractivity contribution in [3.63, 3.8) is 0 Å². The first kappa shape index (κ1) is 13.8. The molecule has 108 valence electrons. The standard InChI is InChI=1S/C16H23N3S/c1-11-8-9-13(15(17)20)16(18-11)19-10-4-6-12-5-2-3-7-14(12)19/h8-9,12,14H,2-7,10H2,1H3,(H2,17,20). The summed E-state index contributed by atoms with van der Waals surface area (Å²) in [6.07, 6.45) is 8.01. The number of piperidine rings is 1. The Morgan fingerprint density at radius 2 is 2.00 bits per heavy atom. The van der Waals surface area contributed by atoms with E-state index < -0.39 is 0 Å². The van der Waals surface area contributed by atoms with E-state index in [-0.39, 0.29) is 0 Å². The summed E-state index contributed by atoms with van der Waals surface area (Å²) in [6.45, 7) is 3.13. The minimum absolute atomic E-state index is 0.463. The molecule has 3 rings (SSSR count). The highest BCUT2D eigenvalue weighted by Crippen LogP contribution is 2.38. The smallest absolute Gasteiger partial charge is 0.139 e. The van der Waals surface area contributed by atoms with E-state index in [0.29, 0.717) is 11.0 Å². The van der Waals surface area contributed by atoms with Gasteiger partial charge in [0.25, 0.3) is 0 Å². The van der Waals surface area contributed by atoms with Crippen LogP contribution in [0.5, 0.6) is 0 Å². The van der Waals surface area contributed by atoms with Gasteiger partial charge in [0.2, 0.25) is 0 Å². The molecule has 0 aromatic carbocycles. The highest BCUT2D eigenvalue weighted by Gasteiger charge is 2.34. The van der Waals surface area contributed by atoms with Crippen LogP contribution < -0.4 is 10.6 Å². The molecule has 2 atom stereocenters. The zero-order valence-electron chi connectivity index (χ0n) is 12.1. The van der Waals surface area contributed by atoms with E-state index in [4.69, 9.17) is 22.9 Å². The average Bonchev–Trinajstić information content (AvgIpc) is 2.46. The van der Waals surface area contributed by atoms with Crippen LogP contribution in [-0.4, -0.2) is 22.6 Å². The molecule has 1 saturated heterocycles. The summed E-state index contributed by atoms with van der Waals surface area (Å²) >= 11 is 5.22. The van der Waals surface area contributed by atoms with Crippen LogP contribution in [0.3, 0.4) is 0 Å². The predicted molar refractivity (Wildman–Crippen MR) is 87.2 cm³/mol. The van der Waals surface area contributed by atoms with Gasteiger partial charge in [-0.25, -0.2) is 4.98 Å². The number of nitrogens with two attached hydrogens (primary N) is 1. The van der Waals surface area contributed by atoms with E-state index in [2.05, 4.69) is 4.90 Å². The van der Waals surface area contributed by atoms with Crippen molar-refractivity contribution >= 4 is 23.0 Å². The first-order chi connectivity index (χ1) is 9.66. The lowest BCUT2D eigenvalue weighted by Gasteiger charge is -2.45. The Bertz CT molecular complexity index is 512. The van der Waals surface area contributed by atoms with Crippen molar-refractivity contribution in [2.75, 3.05) is 11.4 Å². The van der Waals surface area contributed by atoms with Gasteiger partial charge in [-0.2, -0.15) is 0 Å². The summed E-state index contributed by atoms with van der Waals surface area (Å²) in [5, 5.41) is 0. The van der Waals surface area contributed by atoms with Crippen LogP contribution in [0.25, 0.3) is 0 Å². The van der Waals surface area contributed by atoms with Gasteiger partial charge < -0.3 is 10.6 Å². The maximum atomic E-state index is 5.90. The van der Waals surface area contributed by atoms with Gasteiger partial charge in [0.1, 0.15) is 10.8 Å². The van der Waals surface area contributed by atoms with Gasteiger partial charge >= 0.3 is 0 Å². The van der Waals surface area contributed by atoms with Crippen LogP contribution >= 0.6 is 12.2 Å². The third-order valence-corrected chi connectivity index (χ3v) is 5.02. The van der Waals surface area contributed by atoms with E-state index in [0.717, 1.165) is 29.5 Å². The highest BCUT2D eigenvalue weighted by molar-refractivity contribution is 7.80. The Morgan fingerprint density at radius 3 is 2.80 bits per heavy atom. The fraction of sp³-hybridized carbons (Fsp3) is 0.625. The summed E-state index contributed by atoms with van der Waals surface area (Å²) in [4.78, 5) is 7.73. The maximum Gasteiger partial charge on any atom is 0.139 e. The summed E-state index contributed by atoms with van der Waals surface area (Å²) in [7, 11) is 0. The number of hydrogen-bond acceptors (Lipinski definition) is 3. The molecule has 0 spiro atoms. The maximum absolute atomic E-state index is 5.90. The zero-order valence-corrected chi connectivity index (χ0v) is 13.0. The molecule has 1 saturated carbocycles. The van der Waals surface area contributed by atoms with Crippen LogP contribution in [0.1, 0.15) is 49.8 Å². The van der Waals surface area contributed by atoms with Crippen molar-refractivity contribution in [3.8, 4) is 0 Å². The van der Waals surface area contributed by atoms with E-state index >= 15 is 0 Å². The van der Waals surface area contributed by atoms with Crippen molar-refractivity contribution in [1.82, 2.24) is 4.98 Å². The molecule has 2 fully saturated rings. The fourth-order valence-electron chi connectivity index (χ4n) is 3.84.